The van der Waals surface area contributed by atoms with Gasteiger partial charge < -0.3 is 4.74 Å². The molecule has 0 heterocycles. The summed E-state index contributed by atoms with van der Waals surface area (Å²) < 4.78 is 19.2. The summed E-state index contributed by atoms with van der Waals surface area (Å²) in [5.74, 6) is 0.333. The van der Waals surface area contributed by atoms with Gasteiger partial charge in [0.05, 0.1) is 11.7 Å². The first-order chi connectivity index (χ1) is 9.28. The number of halogens is 1. The van der Waals surface area contributed by atoms with Gasteiger partial charge in [0, 0.05) is 5.56 Å². The highest BCUT2D eigenvalue weighted by Gasteiger charge is 2.23. The minimum atomic E-state index is -0.488. The van der Waals surface area contributed by atoms with Crippen LogP contribution in [-0.4, -0.2) is 6.10 Å². The lowest BCUT2D eigenvalue weighted by molar-refractivity contribution is 0.303. The van der Waals surface area contributed by atoms with Crippen LogP contribution in [0.25, 0.3) is 11.1 Å². The lowest BCUT2D eigenvalue weighted by Crippen LogP contribution is -1.95. The second kappa shape index (κ2) is 4.74. The number of nitrogens with zero attached hydrogens (tertiary/aromatic N) is 1. The second-order valence-electron chi connectivity index (χ2n) is 4.62. The molecule has 3 heteroatoms. The van der Waals surface area contributed by atoms with E-state index in [2.05, 4.69) is 0 Å². The van der Waals surface area contributed by atoms with Crippen molar-refractivity contribution in [1.29, 1.82) is 5.26 Å². The Labute approximate surface area is 111 Å². The first-order valence-corrected chi connectivity index (χ1v) is 6.23. The molecule has 0 amide bonds. The minimum Gasteiger partial charge on any atom is -0.490 e. The van der Waals surface area contributed by atoms with Crippen LogP contribution in [0.2, 0.25) is 0 Å². The summed E-state index contributed by atoms with van der Waals surface area (Å²) in [5.41, 5.74) is 1.51. The maximum atomic E-state index is 13.5. The molecule has 94 valence electrons. The molecule has 0 N–H and O–H groups in total. The van der Waals surface area contributed by atoms with E-state index in [0.29, 0.717) is 11.7 Å². The SMILES string of the molecule is N#Cc1c(F)cccc1-c1ccc(OC2CC2)cc1. The molecule has 2 aromatic carbocycles. The van der Waals surface area contributed by atoms with Gasteiger partial charge in [0.15, 0.2) is 0 Å². The highest BCUT2D eigenvalue weighted by molar-refractivity contribution is 5.71. The van der Waals surface area contributed by atoms with Crippen molar-refractivity contribution in [3.63, 3.8) is 0 Å². The second-order valence-corrected chi connectivity index (χ2v) is 4.62. The minimum absolute atomic E-state index is 0.0818. The van der Waals surface area contributed by atoms with Crippen LogP contribution in [0.5, 0.6) is 5.75 Å². The molecule has 0 unspecified atom stereocenters. The summed E-state index contributed by atoms with van der Waals surface area (Å²) in [6, 6.07) is 14.0. The predicted octanol–water partition coefficient (Wildman–Crippen LogP) is 3.91. The molecule has 0 bridgehead atoms. The molecule has 2 aromatic rings. The lowest BCUT2D eigenvalue weighted by atomic mass is 10.00. The Hall–Kier alpha value is -2.34. The fraction of sp³-hybridized carbons (Fsp3) is 0.188. The van der Waals surface area contributed by atoms with Gasteiger partial charge in [0.25, 0.3) is 0 Å². The van der Waals surface area contributed by atoms with Crippen LogP contribution < -0.4 is 4.74 Å². The van der Waals surface area contributed by atoms with Crippen molar-refractivity contribution in [2.45, 2.75) is 18.9 Å². The monoisotopic (exact) mass is 253 g/mol. The van der Waals surface area contributed by atoms with Crippen molar-refractivity contribution in [3.8, 4) is 22.9 Å². The molecule has 1 fully saturated rings. The maximum Gasteiger partial charge on any atom is 0.141 e. The van der Waals surface area contributed by atoms with Gasteiger partial charge >= 0.3 is 0 Å². The molecule has 0 atom stereocenters. The van der Waals surface area contributed by atoms with Crippen molar-refractivity contribution in [1.82, 2.24) is 0 Å². The average Bonchev–Trinajstić information content (AvgIpc) is 3.23. The summed E-state index contributed by atoms with van der Waals surface area (Å²) in [6.07, 6.45) is 2.59. The van der Waals surface area contributed by atoms with E-state index in [-0.39, 0.29) is 5.56 Å². The average molecular weight is 253 g/mol. The molecule has 1 aliphatic carbocycles. The van der Waals surface area contributed by atoms with Gasteiger partial charge in [-0.05, 0) is 36.6 Å². The first kappa shape index (κ1) is 11.7. The van der Waals surface area contributed by atoms with E-state index in [1.807, 2.05) is 30.3 Å². The number of hydrogen-bond acceptors (Lipinski definition) is 2. The quantitative estimate of drug-likeness (QED) is 0.831. The highest BCUT2D eigenvalue weighted by Crippen LogP contribution is 2.30. The van der Waals surface area contributed by atoms with Gasteiger partial charge in [-0.2, -0.15) is 5.26 Å². The molecule has 1 aliphatic rings. The third kappa shape index (κ3) is 2.43. The summed E-state index contributed by atoms with van der Waals surface area (Å²) in [5, 5.41) is 9.03. The number of hydrogen-bond donors (Lipinski definition) is 0. The predicted molar refractivity (Wildman–Crippen MR) is 70.2 cm³/mol. The van der Waals surface area contributed by atoms with E-state index in [4.69, 9.17) is 10.00 Å². The molecular formula is C16H12FNO. The van der Waals surface area contributed by atoms with Crippen molar-refractivity contribution in [2.75, 3.05) is 0 Å². The lowest BCUT2D eigenvalue weighted by Gasteiger charge is -2.07. The van der Waals surface area contributed by atoms with Gasteiger partial charge in [0.1, 0.15) is 17.6 Å². The normalized spacial score (nSPS) is 13.9. The zero-order valence-electron chi connectivity index (χ0n) is 10.3. The number of nitriles is 1. The third-order valence-electron chi connectivity index (χ3n) is 3.12. The van der Waals surface area contributed by atoms with Gasteiger partial charge in [-0.25, -0.2) is 4.39 Å². The molecule has 0 saturated heterocycles. The molecule has 1 saturated carbocycles. The zero-order valence-corrected chi connectivity index (χ0v) is 10.3. The Bertz CT molecular complexity index is 639. The largest absolute Gasteiger partial charge is 0.490 e. The van der Waals surface area contributed by atoms with Crippen molar-refractivity contribution in [2.24, 2.45) is 0 Å². The van der Waals surface area contributed by atoms with E-state index in [1.165, 1.54) is 6.07 Å². The van der Waals surface area contributed by atoms with Crippen LogP contribution >= 0.6 is 0 Å². The van der Waals surface area contributed by atoms with Crippen LogP contribution in [0.4, 0.5) is 4.39 Å². The maximum absolute atomic E-state index is 13.5. The van der Waals surface area contributed by atoms with Gasteiger partial charge in [-0.1, -0.05) is 24.3 Å². The van der Waals surface area contributed by atoms with Gasteiger partial charge in [0.2, 0.25) is 0 Å². The molecule has 2 nitrogen and oxygen atoms in total. The van der Waals surface area contributed by atoms with Crippen LogP contribution in [0.3, 0.4) is 0 Å². The van der Waals surface area contributed by atoms with E-state index >= 15 is 0 Å². The molecule has 0 spiro atoms. The molecule has 19 heavy (non-hydrogen) atoms. The van der Waals surface area contributed by atoms with Gasteiger partial charge in [-0.3, -0.25) is 0 Å². The van der Waals surface area contributed by atoms with E-state index < -0.39 is 5.82 Å². The smallest absolute Gasteiger partial charge is 0.141 e. The van der Waals surface area contributed by atoms with Crippen LogP contribution in [0, 0.1) is 17.1 Å². The number of benzene rings is 2. The molecular weight excluding hydrogens is 241 g/mol. The standard InChI is InChI=1S/C16H12FNO/c17-16-3-1-2-14(15(16)10-18)11-4-6-12(7-5-11)19-13-8-9-13/h1-7,13H,8-9H2. The third-order valence-corrected chi connectivity index (χ3v) is 3.12. The van der Waals surface area contributed by atoms with Crippen molar-refractivity contribution >= 4 is 0 Å². The van der Waals surface area contributed by atoms with Crippen molar-refractivity contribution < 1.29 is 9.13 Å². The Kier molecular flexibility index (Phi) is 2.92. The van der Waals surface area contributed by atoms with Crippen LogP contribution in [0.15, 0.2) is 42.5 Å². The Morgan fingerprint density at radius 3 is 2.47 bits per heavy atom. The summed E-state index contributed by atoms with van der Waals surface area (Å²) in [6.45, 7) is 0. The van der Waals surface area contributed by atoms with Crippen molar-refractivity contribution in [3.05, 3.63) is 53.8 Å². The van der Waals surface area contributed by atoms with Crippen LogP contribution in [-0.2, 0) is 0 Å². The van der Waals surface area contributed by atoms with E-state index in [0.717, 1.165) is 24.2 Å². The number of ether oxygens (including phenoxy) is 1. The molecule has 0 aliphatic heterocycles. The first-order valence-electron chi connectivity index (χ1n) is 6.23. The molecule has 3 rings (SSSR count). The Morgan fingerprint density at radius 1 is 1.11 bits per heavy atom. The summed E-state index contributed by atoms with van der Waals surface area (Å²) in [7, 11) is 0. The van der Waals surface area contributed by atoms with Crippen LogP contribution in [0.1, 0.15) is 18.4 Å². The fourth-order valence-corrected chi connectivity index (χ4v) is 1.97. The van der Waals surface area contributed by atoms with E-state index in [1.54, 1.807) is 12.1 Å². The highest BCUT2D eigenvalue weighted by atomic mass is 19.1. The number of rotatable bonds is 3. The Balaban J connectivity index is 1.93. The molecule has 0 radical (unpaired) electrons. The Morgan fingerprint density at radius 2 is 1.84 bits per heavy atom. The van der Waals surface area contributed by atoms with E-state index in [9.17, 15) is 4.39 Å². The van der Waals surface area contributed by atoms with Gasteiger partial charge in [-0.15, -0.1) is 0 Å². The summed E-state index contributed by atoms with van der Waals surface area (Å²) >= 11 is 0. The summed E-state index contributed by atoms with van der Waals surface area (Å²) in [4.78, 5) is 0. The zero-order chi connectivity index (χ0) is 13.2. The molecule has 0 aromatic heterocycles. The topological polar surface area (TPSA) is 33.0 Å². The fourth-order valence-electron chi connectivity index (χ4n) is 1.97.